The zero-order valence-electron chi connectivity index (χ0n) is 11.7. The highest BCUT2D eigenvalue weighted by atomic mass is 16.3. The molecule has 0 aliphatic heterocycles. The van der Waals surface area contributed by atoms with Gasteiger partial charge in [0.15, 0.2) is 0 Å². The Hall–Kier alpha value is -2.78. The molecule has 0 spiro atoms. The van der Waals surface area contributed by atoms with Gasteiger partial charge in [-0.25, -0.2) is 0 Å². The van der Waals surface area contributed by atoms with E-state index < -0.39 is 11.6 Å². The zero-order valence-corrected chi connectivity index (χ0v) is 11.7. The molecule has 0 bridgehead atoms. The molecule has 0 atom stereocenters. The van der Waals surface area contributed by atoms with Crippen molar-refractivity contribution < 1.29 is 14.7 Å². The van der Waals surface area contributed by atoms with Gasteiger partial charge in [-0.05, 0) is 28.1 Å². The number of carbonyl (C=O) groups excluding carboxylic acids is 2. The van der Waals surface area contributed by atoms with Gasteiger partial charge in [0.25, 0.3) is 0 Å². The molecular weight excluding hydrogens is 276 g/mol. The van der Waals surface area contributed by atoms with E-state index in [1.165, 1.54) is 0 Å². The van der Waals surface area contributed by atoms with E-state index in [0.29, 0.717) is 11.1 Å². The molecule has 1 N–H and O–H groups in total. The van der Waals surface area contributed by atoms with E-state index in [1.807, 2.05) is 42.5 Å². The molecule has 1 aliphatic carbocycles. The minimum absolute atomic E-state index is 0.00706. The van der Waals surface area contributed by atoms with Crippen molar-refractivity contribution in [3.8, 4) is 11.1 Å². The minimum atomic E-state index is -0.423. The Balaban J connectivity index is 2.01. The van der Waals surface area contributed by atoms with Crippen LogP contribution in [0.15, 0.2) is 54.6 Å². The lowest BCUT2D eigenvalue weighted by atomic mass is 9.95. The highest BCUT2D eigenvalue weighted by molar-refractivity contribution is 6.57. The van der Waals surface area contributed by atoms with Crippen LogP contribution in [0.4, 0.5) is 0 Å². The van der Waals surface area contributed by atoms with Gasteiger partial charge in [0.2, 0.25) is 11.6 Å². The van der Waals surface area contributed by atoms with Crippen molar-refractivity contribution in [2.24, 2.45) is 0 Å². The number of rotatable bonds is 2. The van der Waals surface area contributed by atoms with Crippen LogP contribution < -0.4 is 0 Å². The average Bonchev–Trinajstić information content (AvgIpc) is 2.82. The van der Waals surface area contributed by atoms with Crippen LogP contribution >= 0.6 is 0 Å². The van der Waals surface area contributed by atoms with Crippen LogP contribution in [0, 0.1) is 0 Å². The molecule has 0 saturated carbocycles. The highest BCUT2D eigenvalue weighted by Gasteiger charge is 2.31. The quantitative estimate of drug-likeness (QED) is 0.735. The number of aliphatic hydroxyl groups is 1. The summed E-state index contributed by atoms with van der Waals surface area (Å²) in [5.41, 5.74) is 3.80. The molecule has 3 heteroatoms. The molecule has 3 aromatic carbocycles. The SMILES string of the molecule is O=C1C(=O)c2ccc(-c3ccc(CO)cc3)c3cccc1c23. The molecule has 0 aromatic heterocycles. The molecule has 0 heterocycles. The Kier molecular flexibility index (Phi) is 2.71. The van der Waals surface area contributed by atoms with Gasteiger partial charge in [0, 0.05) is 16.5 Å². The molecule has 1 aliphatic rings. The van der Waals surface area contributed by atoms with Gasteiger partial charge in [-0.1, -0.05) is 48.5 Å². The fraction of sp³-hybridized carbons (Fsp3) is 0.0526. The van der Waals surface area contributed by atoms with Crippen molar-refractivity contribution in [3.05, 3.63) is 71.3 Å². The van der Waals surface area contributed by atoms with Crippen LogP contribution in [0.2, 0.25) is 0 Å². The molecule has 3 nitrogen and oxygen atoms in total. The van der Waals surface area contributed by atoms with Crippen molar-refractivity contribution in [2.45, 2.75) is 6.61 Å². The average molecular weight is 288 g/mol. The van der Waals surface area contributed by atoms with Crippen LogP contribution in [0.3, 0.4) is 0 Å². The van der Waals surface area contributed by atoms with Crippen molar-refractivity contribution >= 4 is 22.3 Å². The summed E-state index contributed by atoms with van der Waals surface area (Å²) in [5.74, 6) is -0.846. The molecule has 3 aromatic rings. The largest absolute Gasteiger partial charge is 0.392 e. The van der Waals surface area contributed by atoms with E-state index in [0.717, 1.165) is 27.5 Å². The van der Waals surface area contributed by atoms with Crippen molar-refractivity contribution in [3.63, 3.8) is 0 Å². The summed E-state index contributed by atoms with van der Waals surface area (Å²) in [6.45, 7) is 0.00706. The third kappa shape index (κ3) is 1.66. The van der Waals surface area contributed by atoms with Gasteiger partial charge in [-0.3, -0.25) is 9.59 Å². The summed E-state index contributed by atoms with van der Waals surface area (Å²) in [5, 5.41) is 10.8. The summed E-state index contributed by atoms with van der Waals surface area (Å²) >= 11 is 0. The summed E-state index contributed by atoms with van der Waals surface area (Å²) in [7, 11) is 0. The first-order chi connectivity index (χ1) is 10.7. The molecule has 22 heavy (non-hydrogen) atoms. The molecule has 4 rings (SSSR count). The first-order valence-corrected chi connectivity index (χ1v) is 7.05. The standard InChI is InChI=1S/C19H12O3/c20-10-11-4-6-12(7-5-11)13-8-9-16-17-14(13)2-1-3-15(17)18(21)19(16)22/h1-9,20H,10H2. The summed E-state index contributed by atoms with van der Waals surface area (Å²) < 4.78 is 0. The predicted molar refractivity (Wildman–Crippen MR) is 84.0 cm³/mol. The van der Waals surface area contributed by atoms with E-state index in [1.54, 1.807) is 12.1 Å². The Morgan fingerprint density at radius 2 is 1.36 bits per heavy atom. The molecule has 0 saturated heterocycles. The number of hydrogen-bond acceptors (Lipinski definition) is 3. The van der Waals surface area contributed by atoms with Crippen LogP contribution in [-0.4, -0.2) is 16.7 Å². The second-order valence-corrected chi connectivity index (χ2v) is 5.40. The van der Waals surface area contributed by atoms with E-state index in [2.05, 4.69) is 0 Å². The lowest BCUT2D eigenvalue weighted by molar-refractivity contribution is 0.0825. The summed E-state index contributed by atoms with van der Waals surface area (Å²) in [4.78, 5) is 24.1. The van der Waals surface area contributed by atoms with Crippen molar-refractivity contribution in [1.82, 2.24) is 0 Å². The van der Waals surface area contributed by atoms with Gasteiger partial charge in [0.05, 0.1) is 6.61 Å². The van der Waals surface area contributed by atoms with Gasteiger partial charge in [0.1, 0.15) is 0 Å². The van der Waals surface area contributed by atoms with Crippen LogP contribution in [0.5, 0.6) is 0 Å². The topological polar surface area (TPSA) is 54.4 Å². The number of aliphatic hydroxyl groups excluding tert-OH is 1. The normalized spacial score (nSPS) is 13.1. The number of Topliss-reactive ketones (excluding diaryl/α,β-unsaturated/α-hetero) is 2. The Bertz CT molecular complexity index is 917. The molecule has 106 valence electrons. The van der Waals surface area contributed by atoms with Crippen LogP contribution in [0.1, 0.15) is 26.3 Å². The molecule has 0 amide bonds. The van der Waals surface area contributed by atoms with Crippen LogP contribution in [0.25, 0.3) is 21.9 Å². The first kappa shape index (κ1) is 12.9. The summed E-state index contributed by atoms with van der Waals surface area (Å²) in [6.07, 6.45) is 0. The molecule has 0 radical (unpaired) electrons. The van der Waals surface area contributed by atoms with Crippen LogP contribution in [-0.2, 0) is 6.61 Å². The lowest BCUT2D eigenvalue weighted by Crippen LogP contribution is -2.05. The number of benzene rings is 3. The van der Waals surface area contributed by atoms with Gasteiger partial charge >= 0.3 is 0 Å². The first-order valence-electron chi connectivity index (χ1n) is 7.05. The van der Waals surface area contributed by atoms with Gasteiger partial charge < -0.3 is 5.11 Å². The number of hydrogen-bond donors (Lipinski definition) is 1. The van der Waals surface area contributed by atoms with E-state index in [-0.39, 0.29) is 6.61 Å². The molecule has 0 fully saturated rings. The second-order valence-electron chi connectivity index (χ2n) is 5.40. The Morgan fingerprint density at radius 3 is 2.05 bits per heavy atom. The molecule has 0 unspecified atom stereocenters. The van der Waals surface area contributed by atoms with E-state index in [4.69, 9.17) is 5.11 Å². The predicted octanol–water partition coefficient (Wildman–Crippen LogP) is 3.38. The second kappa shape index (κ2) is 4.61. The summed E-state index contributed by atoms with van der Waals surface area (Å²) in [6, 6.07) is 16.7. The fourth-order valence-electron chi connectivity index (χ4n) is 3.07. The van der Waals surface area contributed by atoms with Crippen molar-refractivity contribution in [1.29, 1.82) is 0 Å². The lowest BCUT2D eigenvalue weighted by Gasteiger charge is -2.09. The number of carbonyl (C=O) groups is 2. The van der Waals surface area contributed by atoms with E-state index in [9.17, 15) is 9.59 Å². The maximum atomic E-state index is 12.0. The van der Waals surface area contributed by atoms with Crippen molar-refractivity contribution in [2.75, 3.05) is 0 Å². The Labute approximate surface area is 126 Å². The third-order valence-electron chi connectivity index (χ3n) is 4.18. The minimum Gasteiger partial charge on any atom is -0.392 e. The third-order valence-corrected chi connectivity index (χ3v) is 4.18. The Morgan fingerprint density at radius 1 is 0.727 bits per heavy atom. The van der Waals surface area contributed by atoms with E-state index >= 15 is 0 Å². The highest BCUT2D eigenvalue weighted by Crippen LogP contribution is 2.37. The van der Waals surface area contributed by atoms with Gasteiger partial charge in [-0.2, -0.15) is 0 Å². The molecular formula is C19H12O3. The number of ketones is 2. The fourth-order valence-corrected chi connectivity index (χ4v) is 3.07. The zero-order chi connectivity index (χ0) is 15.3. The maximum Gasteiger partial charge on any atom is 0.234 e. The maximum absolute atomic E-state index is 12.0. The van der Waals surface area contributed by atoms with Gasteiger partial charge in [-0.15, -0.1) is 0 Å². The monoisotopic (exact) mass is 288 g/mol. The smallest absolute Gasteiger partial charge is 0.234 e.